The molecule has 16 heavy (non-hydrogen) atoms. The Hall–Kier alpha value is -1.65. The Bertz CT molecular complexity index is 382. The molecule has 88 valence electrons. The molecule has 0 radical (unpaired) electrons. The molecule has 1 N–H and O–H groups in total. The second-order valence-corrected chi connectivity index (χ2v) is 3.22. The van der Waals surface area contributed by atoms with Crippen molar-refractivity contribution in [1.29, 1.82) is 0 Å². The predicted octanol–water partition coefficient (Wildman–Crippen LogP) is 2.33. The smallest absolute Gasteiger partial charge is 0.328 e. The maximum atomic E-state index is 13.2. The number of carbonyl (C=O) groups excluding carboxylic acids is 1. The fraction of sp³-hybridized carbons (Fsp3) is 0.364. The van der Waals surface area contributed by atoms with E-state index in [9.17, 15) is 13.6 Å². The van der Waals surface area contributed by atoms with E-state index in [1.807, 2.05) is 0 Å². The van der Waals surface area contributed by atoms with Crippen LogP contribution in [0.15, 0.2) is 18.2 Å². The van der Waals surface area contributed by atoms with Crippen LogP contribution in [-0.2, 0) is 9.53 Å². The molecule has 1 aromatic rings. The van der Waals surface area contributed by atoms with Crippen molar-refractivity contribution in [2.75, 3.05) is 11.9 Å². The van der Waals surface area contributed by atoms with Crippen molar-refractivity contribution in [2.45, 2.75) is 19.9 Å². The van der Waals surface area contributed by atoms with E-state index >= 15 is 0 Å². The Labute approximate surface area is 92.4 Å². The molecule has 3 nitrogen and oxygen atoms in total. The van der Waals surface area contributed by atoms with Gasteiger partial charge < -0.3 is 10.1 Å². The lowest BCUT2D eigenvalue weighted by Crippen LogP contribution is -2.28. The van der Waals surface area contributed by atoms with E-state index < -0.39 is 23.6 Å². The van der Waals surface area contributed by atoms with E-state index in [1.165, 1.54) is 19.1 Å². The lowest BCUT2D eigenvalue weighted by atomic mass is 10.2. The second kappa shape index (κ2) is 5.44. The van der Waals surface area contributed by atoms with Crippen LogP contribution in [0.25, 0.3) is 0 Å². The lowest BCUT2D eigenvalue weighted by Gasteiger charge is -2.14. The number of hydrogen-bond acceptors (Lipinski definition) is 3. The Balaban J connectivity index is 2.73. The van der Waals surface area contributed by atoms with Crippen molar-refractivity contribution >= 4 is 11.7 Å². The zero-order valence-corrected chi connectivity index (χ0v) is 9.09. The summed E-state index contributed by atoms with van der Waals surface area (Å²) in [7, 11) is 0. The third-order valence-electron chi connectivity index (χ3n) is 1.96. The van der Waals surface area contributed by atoms with E-state index in [0.29, 0.717) is 0 Å². The Morgan fingerprint density at radius 1 is 1.50 bits per heavy atom. The molecule has 0 aliphatic heterocycles. The highest BCUT2D eigenvalue weighted by Crippen LogP contribution is 2.17. The standard InChI is InChI=1S/C11H13F2NO2/c1-3-16-11(15)7(2)14-9-6-4-5-8(12)10(9)13/h4-7,14H,3H2,1-2H3. The van der Waals surface area contributed by atoms with Gasteiger partial charge in [-0.05, 0) is 26.0 Å². The molecule has 0 aliphatic rings. The van der Waals surface area contributed by atoms with Crippen LogP contribution >= 0.6 is 0 Å². The summed E-state index contributed by atoms with van der Waals surface area (Å²) in [5.41, 5.74) is -0.0550. The second-order valence-electron chi connectivity index (χ2n) is 3.22. The topological polar surface area (TPSA) is 38.3 Å². The summed E-state index contributed by atoms with van der Waals surface area (Å²) in [6.07, 6.45) is 0. The van der Waals surface area contributed by atoms with Gasteiger partial charge >= 0.3 is 5.97 Å². The fourth-order valence-electron chi connectivity index (χ4n) is 1.17. The zero-order valence-electron chi connectivity index (χ0n) is 9.09. The molecule has 0 amide bonds. The van der Waals surface area contributed by atoms with Crippen LogP contribution in [-0.4, -0.2) is 18.6 Å². The van der Waals surface area contributed by atoms with E-state index in [2.05, 4.69) is 5.32 Å². The quantitative estimate of drug-likeness (QED) is 0.805. The highest BCUT2D eigenvalue weighted by atomic mass is 19.2. The molecule has 1 atom stereocenters. The highest BCUT2D eigenvalue weighted by molar-refractivity contribution is 5.78. The summed E-state index contributed by atoms with van der Waals surface area (Å²) in [5, 5.41) is 2.55. The summed E-state index contributed by atoms with van der Waals surface area (Å²) >= 11 is 0. The van der Waals surface area contributed by atoms with Crippen LogP contribution in [0.3, 0.4) is 0 Å². The summed E-state index contributed by atoms with van der Waals surface area (Å²) in [6.45, 7) is 3.44. The van der Waals surface area contributed by atoms with Crippen molar-refractivity contribution in [3.63, 3.8) is 0 Å². The molecule has 1 rings (SSSR count). The first kappa shape index (κ1) is 12.4. The van der Waals surface area contributed by atoms with Gasteiger partial charge in [-0.1, -0.05) is 6.07 Å². The maximum absolute atomic E-state index is 13.2. The Morgan fingerprint density at radius 3 is 2.81 bits per heavy atom. The van der Waals surface area contributed by atoms with Crippen molar-refractivity contribution < 1.29 is 18.3 Å². The number of esters is 1. The monoisotopic (exact) mass is 229 g/mol. The molecule has 0 aliphatic carbocycles. The SMILES string of the molecule is CCOC(=O)C(C)Nc1cccc(F)c1F. The normalized spacial score (nSPS) is 12.0. The first-order chi connectivity index (χ1) is 7.56. The van der Waals surface area contributed by atoms with Gasteiger partial charge in [-0.2, -0.15) is 0 Å². The molecular weight excluding hydrogens is 216 g/mol. The molecule has 0 saturated heterocycles. The van der Waals surface area contributed by atoms with Crippen LogP contribution in [0.5, 0.6) is 0 Å². The van der Waals surface area contributed by atoms with Gasteiger partial charge in [-0.3, -0.25) is 0 Å². The predicted molar refractivity (Wildman–Crippen MR) is 56.1 cm³/mol. The largest absolute Gasteiger partial charge is 0.464 e. The first-order valence-electron chi connectivity index (χ1n) is 4.93. The van der Waals surface area contributed by atoms with Gasteiger partial charge in [-0.25, -0.2) is 13.6 Å². The van der Waals surface area contributed by atoms with Gasteiger partial charge in [0.1, 0.15) is 6.04 Å². The van der Waals surface area contributed by atoms with E-state index in [1.54, 1.807) is 6.92 Å². The molecule has 1 unspecified atom stereocenters. The number of carbonyl (C=O) groups is 1. The average Bonchev–Trinajstić information content (AvgIpc) is 2.25. The van der Waals surface area contributed by atoms with E-state index in [4.69, 9.17) is 4.74 Å². The lowest BCUT2D eigenvalue weighted by molar-refractivity contribution is -0.143. The molecule has 5 heteroatoms. The van der Waals surface area contributed by atoms with Gasteiger partial charge in [0, 0.05) is 0 Å². The molecule has 0 fully saturated rings. The number of anilines is 1. The maximum Gasteiger partial charge on any atom is 0.328 e. The molecule has 0 aromatic heterocycles. The number of nitrogens with one attached hydrogen (secondary N) is 1. The third kappa shape index (κ3) is 2.92. The number of rotatable bonds is 4. The van der Waals surface area contributed by atoms with Crippen LogP contribution in [0.4, 0.5) is 14.5 Å². The van der Waals surface area contributed by atoms with Crippen LogP contribution < -0.4 is 5.32 Å². The minimum atomic E-state index is -1.00. The number of ether oxygens (including phenoxy) is 1. The molecule has 0 bridgehead atoms. The van der Waals surface area contributed by atoms with Gasteiger partial charge in [0.05, 0.1) is 12.3 Å². The Morgan fingerprint density at radius 2 is 2.19 bits per heavy atom. The fourth-order valence-corrected chi connectivity index (χ4v) is 1.17. The minimum Gasteiger partial charge on any atom is -0.464 e. The number of benzene rings is 1. The van der Waals surface area contributed by atoms with Crippen LogP contribution in [0.1, 0.15) is 13.8 Å². The van der Waals surface area contributed by atoms with Crippen molar-refractivity contribution in [3.05, 3.63) is 29.8 Å². The third-order valence-corrected chi connectivity index (χ3v) is 1.96. The molecule has 0 spiro atoms. The summed E-state index contributed by atoms with van der Waals surface area (Å²) in [5.74, 6) is -2.47. The van der Waals surface area contributed by atoms with Crippen LogP contribution in [0, 0.1) is 11.6 Å². The molecular formula is C11H13F2NO2. The van der Waals surface area contributed by atoms with Gasteiger partial charge in [0.15, 0.2) is 11.6 Å². The summed E-state index contributed by atoms with van der Waals surface area (Å²) in [4.78, 5) is 11.2. The first-order valence-corrected chi connectivity index (χ1v) is 4.93. The van der Waals surface area contributed by atoms with Crippen molar-refractivity contribution in [2.24, 2.45) is 0 Å². The van der Waals surface area contributed by atoms with E-state index in [-0.39, 0.29) is 12.3 Å². The number of hydrogen-bond donors (Lipinski definition) is 1. The highest BCUT2D eigenvalue weighted by Gasteiger charge is 2.16. The molecule has 0 heterocycles. The van der Waals surface area contributed by atoms with Crippen molar-refractivity contribution in [1.82, 2.24) is 0 Å². The van der Waals surface area contributed by atoms with E-state index in [0.717, 1.165) is 6.07 Å². The van der Waals surface area contributed by atoms with Gasteiger partial charge in [0.25, 0.3) is 0 Å². The van der Waals surface area contributed by atoms with Gasteiger partial charge in [-0.15, -0.1) is 0 Å². The number of halogens is 2. The molecule has 0 saturated carbocycles. The molecule has 1 aromatic carbocycles. The summed E-state index contributed by atoms with van der Waals surface area (Å²) < 4.78 is 30.8. The van der Waals surface area contributed by atoms with Crippen LogP contribution in [0.2, 0.25) is 0 Å². The van der Waals surface area contributed by atoms with Crippen molar-refractivity contribution in [3.8, 4) is 0 Å². The summed E-state index contributed by atoms with van der Waals surface area (Å²) in [6, 6.07) is 3.00. The minimum absolute atomic E-state index is 0.0550. The Kier molecular flexibility index (Phi) is 4.22. The van der Waals surface area contributed by atoms with Gasteiger partial charge in [0.2, 0.25) is 0 Å². The zero-order chi connectivity index (χ0) is 12.1. The average molecular weight is 229 g/mol.